The summed E-state index contributed by atoms with van der Waals surface area (Å²) in [4.78, 5) is 33.6. The first-order valence-corrected chi connectivity index (χ1v) is 13.0. The monoisotopic (exact) mass is 541 g/mol. The molecule has 1 aliphatic rings. The average molecular weight is 542 g/mol. The van der Waals surface area contributed by atoms with Crippen molar-refractivity contribution in [3.8, 4) is 17.0 Å². The van der Waals surface area contributed by atoms with Crippen molar-refractivity contribution >= 4 is 45.3 Å². The highest BCUT2D eigenvalue weighted by Crippen LogP contribution is 2.37. The summed E-state index contributed by atoms with van der Waals surface area (Å²) in [6.45, 7) is 1.70. The van der Waals surface area contributed by atoms with Gasteiger partial charge in [-0.25, -0.2) is 14.6 Å². The van der Waals surface area contributed by atoms with Gasteiger partial charge in [0.2, 0.25) is 0 Å². The zero-order valence-electron chi connectivity index (χ0n) is 21.9. The molecule has 3 aromatic heterocycles. The van der Waals surface area contributed by atoms with Gasteiger partial charge in [-0.15, -0.1) is 0 Å². The van der Waals surface area contributed by atoms with E-state index >= 15 is 0 Å². The largest absolute Gasteiger partial charge is 0.495 e. The number of aromatic nitrogens is 5. The van der Waals surface area contributed by atoms with Crippen molar-refractivity contribution in [2.75, 3.05) is 31.2 Å². The maximum absolute atomic E-state index is 13.4. The number of quaternary nitrogens is 1. The number of carboxylic acids is 1. The fourth-order valence-corrected chi connectivity index (χ4v) is 5.44. The molecule has 0 atom stereocenters. The van der Waals surface area contributed by atoms with Crippen LogP contribution in [0, 0.1) is 0 Å². The molecular weight excluding hydrogens is 512 g/mol. The normalized spacial score (nSPS) is 14.0. The number of benzene rings is 2. The Morgan fingerprint density at radius 1 is 1.15 bits per heavy atom. The minimum atomic E-state index is -1.04. The van der Waals surface area contributed by atoms with Gasteiger partial charge in [-0.1, -0.05) is 24.3 Å². The molecule has 4 heterocycles. The molecule has 1 aliphatic heterocycles. The van der Waals surface area contributed by atoms with E-state index in [4.69, 9.17) is 15.6 Å². The number of ether oxygens (including phenoxy) is 1. The third kappa shape index (κ3) is 4.47. The van der Waals surface area contributed by atoms with Gasteiger partial charge in [0.1, 0.15) is 35.8 Å². The fraction of sp³-hybridized carbons (Fsp3) is 0.250. The summed E-state index contributed by atoms with van der Waals surface area (Å²) in [5.41, 5.74) is 9.70. The predicted octanol–water partition coefficient (Wildman–Crippen LogP) is 2.27. The number of carbonyl (C=O) groups excluding carboxylic acids is 1. The van der Waals surface area contributed by atoms with Crippen molar-refractivity contribution in [1.29, 1.82) is 0 Å². The second-order valence-electron chi connectivity index (χ2n) is 9.79. The zero-order valence-corrected chi connectivity index (χ0v) is 21.9. The number of hydrogen-bond donors (Lipinski definition) is 4. The topological polar surface area (TPSA) is 167 Å². The number of carboxylic acid groups (broad SMARTS) is 1. The second kappa shape index (κ2) is 10.3. The third-order valence-electron chi connectivity index (χ3n) is 7.33. The summed E-state index contributed by atoms with van der Waals surface area (Å²) < 4.78 is 9.09. The van der Waals surface area contributed by atoms with Crippen LogP contribution in [0.3, 0.4) is 0 Å². The number of nitrogen functional groups attached to an aromatic ring is 1. The van der Waals surface area contributed by atoms with E-state index in [1.807, 2.05) is 22.9 Å². The van der Waals surface area contributed by atoms with E-state index in [1.165, 1.54) is 18.0 Å². The molecule has 12 nitrogen and oxygen atoms in total. The van der Waals surface area contributed by atoms with Crippen LogP contribution in [-0.2, 0) is 11.3 Å². The number of rotatable bonds is 7. The highest BCUT2D eigenvalue weighted by Gasteiger charge is 2.25. The lowest BCUT2D eigenvalue weighted by Gasteiger charge is -2.21. The number of fused-ring (bicyclic) bond motifs is 2. The Morgan fingerprint density at radius 3 is 2.73 bits per heavy atom. The Labute approximate surface area is 228 Å². The van der Waals surface area contributed by atoms with Crippen molar-refractivity contribution in [2.24, 2.45) is 0 Å². The van der Waals surface area contributed by atoms with Crippen molar-refractivity contribution in [3.63, 3.8) is 0 Å². The number of methoxy groups -OCH3 is 1. The maximum Gasteiger partial charge on any atom is 0.323 e. The molecule has 5 aromatic rings. The number of nitrogens with zero attached hydrogens (tertiary/aromatic N) is 5. The number of para-hydroxylation sites is 1. The molecule has 0 bridgehead atoms. The molecule has 0 saturated carbocycles. The molecule has 40 heavy (non-hydrogen) atoms. The Hall–Kier alpha value is -4.97. The van der Waals surface area contributed by atoms with Crippen LogP contribution in [0.15, 0.2) is 54.9 Å². The van der Waals surface area contributed by atoms with Gasteiger partial charge >= 0.3 is 5.97 Å². The van der Waals surface area contributed by atoms with Crippen LogP contribution in [0.2, 0.25) is 0 Å². The molecule has 0 aliphatic carbocycles. The predicted molar refractivity (Wildman–Crippen MR) is 149 cm³/mol. The molecule has 204 valence electrons. The van der Waals surface area contributed by atoms with Gasteiger partial charge in [-0.2, -0.15) is 5.10 Å². The number of nitrogens with one attached hydrogen (secondary N) is 1. The van der Waals surface area contributed by atoms with Gasteiger partial charge in [0.25, 0.3) is 5.91 Å². The van der Waals surface area contributed by atoms with Gasteiger partial charge in [-0.3, -0.25) is 9.59 Å². The molecule has 12 heteroatoms. The smallest absolute Gasteiger partial charge is 0.323 e. The zero-order chi connectivity index (χ0) is 27.8. The van der Waals surface area contributed by atoms with Gasteiger partial charge in [0.15, 0.2) is 5.65 Å². The summed E-state index contributed by atoms with van der Waals surface area (Å²) in [5, 5.41) is 21.0. The van der Waals surface area contributed by atoms with Crippen LogP contribution in [0.4, 0.5) is 11.5 Å². The van der Waals surface area contributed by atoms with E-state index in [9.17, 15) is 14.7 Å². The van der Waals surface area contributed by atoms with Crippen LogP contribution in [0.25, 0.3) is 33.2 Å². The van der Waals surface area contributed by atoms with Crippen molar-refractivity contribution in [3.05, 3.63) is 60.6 Å². The van der Waals surface area contributed by atoms with Crippen LogP contribution < -0.4 is 21.1 Å². The summed E-state index contributed by atoms with van der Waals surface area (Å²) in [6, 6.07) is 14.5. The molecule has 0 unspecified atom stereocenters. The van der Waals surface area contributed by atoms with E-state index in [0.29, 0.717) is 39.5 Å². The van der Waals surface area contributed by atoms with Gasteiger partial charge < -0.3 is 30.8 Å². The lowest BCUT2D eigenvalue weighted by Crippen LogP contribution is -2.86. The van der Waals surface area contributed by atoms with Gasteiger partial charge in [-0.05, 0) is 24.3 Å². The molecule has 6 rings (SSSR count). The molecule has 6 N–H and O–H groups in total. The number of amides is 1. The SMILES string of the molecule is COc1cc(-c2nn(C3CC[NH2+]CC3)c3ncnc(N)c23)ccc1NC(=O)c1cc2ccccc2n1CC(=O)O. The highest BCUT2D eigenvalue weighted by molar-refractivity contribution is 6.07. The third-order valence-corrected chi connectivity index (χ3v) is 7.33. The molecular formula is C28H29N8O4+. The second-order valence-corrected chi connectivity index (χ2v) is 9.79. The molecule has 1 amide bonds. The average Bonchev–Trinajstić information content (AvgIpc) is 3.53. The number of nitrogens with two attached hydrogens (primary N) is 2. The number of carbonyl (C=O) groups is 2. The van der Waals surface area contributed by atoms with E-state index in [2.05, 4.69) is 20.6 Å². The number of anilines is 2. The van der Waals surface area contributed by atoms with Crippen molar-refractivity contribution in [1.82, 2.24) is 24.3 Å². The fourth-order valence-electron chi connectivity index (χ4n) is 5.44. The Bertz CT molecular complexity index is 1750. The molecule has 0 spiro atoms. The Kier molecular flexibility index (Phi) is 6.52. The minimum absolute atomic E-state index is 0.216. The first-order chi connectivity index (χ1) is 19.4. The van der Waals surface area contributed by atoms with Crippen molar-refractivity contribution < 1.29 is 24.7 Å². The van der Waals surface area contributed by atoms with Crippen LogP contribution in [0.5, 0.6) is 5.75 Å². The van der Waals surface area contributed by atoms with Crippen LogP contribution in [0.1, 0.15) is 29.4 Å². The van der Waals surface area contributed by atoms with E-state index in [0.717, 1.165) is 36.9 Å². The van der Waals surface area contributed by atoms with Crippen molar-refractivity contribution in [2.45, 2.75) is 25.4 Å². The first kappa shape index (κ1) is 25.3. The van der Waals surface area contributed by atoms with Crippen LogP contribution >= 0.6 is 0 Å². The lowest BCUT2D eigenvalue weighted by atomic mass is 10.1. The number of piperidine rings is 1. The summed E-state index contributed by atoms with van der Waals surface area (Å²) in [6.07, 6.45) is 3.41. The molecule has 0 radical (unpaired) electrons. The number of hydrogen-bond acceptors (Lipinski definition) is 7. The molecule has 1 fully saturated rings. The molecule has 2 aromatic carbocycles. The number of aliphatic carboxylic acids is 1. The van der Waals surface area contributed by atoms with E-state index in [1.54, 1.807) is 30.3 Å². The van der Waals surface area contributed by atoms with E-state index < -0.39 is 11.9 Å². The minimum Gasteiger partial charge on any atom is -0.495 e. The Balaban J connectivity index is 1.37. The maximum atomic E-state index is 13.4. The van der Waals surface area contributed by atoms with Crippen LogP contribution in [-0.4, -0.2) is 61.5 Å². The molecule has 1 saturated heterocycles. The summed E-state index contributed by atoms with van der Waals surface area (Å²) in [7, 11) is 1.52. The quantitative estimate of drug-likeness (QED) is 0.243. The lowest BCUT2D eigenvalue weighted by molar-refractivity contribution is -0.664. The summed E-state index contributed by atoms with van der Waals surface area (Å²) >= 11 is 0. The van der Waals surface area contributed by atoms with E-state index in [-0.39, 0.29) is 18.3 Å². The van der Waals surface area contributed by atoms with Gasteiger partial charge in [0.05, 0.1) is 37.3 Å². The highest BCUT2D eigenvalue weighted by atomic mass is 16.5. The van der Waals surface area contributed by atoms with Gasteiger partial charge in [0, 0.05) is 29.3 Å². The Morgan fingerprint density at radius 2 is 1.95 bits per heavy atom. The first-order valence-electron chi connectivity index (χ1n) is 13.0. The summed E-state index contributed by atoms with van der Waals surface area (Å²) in [5.74, 6) is -0.739. The standard InChI is InChI=1S/C28H28N8O4/c1-40-22-13-17(25-24-26(29)31-15-32-27(24)36(34-25)18-8-10-30-11-9-18)6-7-19(22)33-28(39)21-12-16-4-2-3-5-20(16)35(21)14-23(37)38/h2-7,12-13,15,18,30H,8-11,14H2,1H3,(H,33,39)(H,37,38)(H2,29,31,32)/p+1.